The second-order valence-electron chi connectivity index (χ2n) is 2.90. The molecule has 0 bridgehead atoms. The van der Waals surface area contributed by atoms with E-state index in [0.29, 0.717) is 0 Å². The highest BCUT2D eigenvalue weighted by Gasteiger charge is 2.27. The van der Waals surface area contributed by atoms with Crippen molar-refractivity contribution in [2.24, 2.45) is 0 Å². The molecule has 0 unspecified atom stereocenters. The average molecular weight is 246 g/mol. The predicted molar refractivity (Wildman–Crippen MR) is 59.4 cm³/mol. The Hall–Kier alpha value is -1.40. The highest BCUT2D eigenvalue weighted by atomic mass is 16.7. The summed E-state index contributed by atoms with van der Waals surface area (Å²) >= 11 is 0. The fourth-order valence-corrected chi connectivity index (χ4v) is 1.01. The van der Waals surface area contributed by atoms with Crippen molar-refractivity contribution in [3.63, 3.8) is 0 Å². The van der Waals surface area contributed by atoms with Gasteiger partial charge in [0.05, 0.1) is 6.61 Å². The average Bonchev–Trinajstić information content (AvgIpc) is 2.28. The second kappa shape index (κ2) is 8.72. The molecular formula is C11H18O6. The van der Waals surface area contributed by atoms with Crippen LogP contribution in [0.1, 0.15) is 20.8 Å². The zero-order chi connectivity index (χ0) is 13.3. The second-order valence-corrected chi connectivity index (χ2v) is 2.90. The van der Waals surface area contributed by atoms with Crippen molar-refractivity contribution in [1.29, 1.82) is 0 Å². The van der Waals surface area contributed by atoms with Gasteiger partial charge in [-0.1, -0.05) is 0 Å². The normalized spacial score (nSPS) is 11.6. The van der Waals surface area contributed by atoms with E-state index in [1.54, 1.807) is 20.8 Å². The highest BCUT2D eigenvalue weighted by Crippen LogP contribution is 2.07. The molecule has 0 rings (SSSR count). The SMILES string of the molecule is CCOC=C(C(=O)O)C(=O)C(OCC)OCC. The lowest BCUT2D eigenvalue weighted by atomic mass is 10.2. The van der Waals surface area contributed by atoms with Crippen LogP contribution in [0.5, 0.6) is 0 Å². The van der Waals surface area contributed by atoms with Crippen LogP contribution >= 0.6 is 0 Å². The van der Waals surface area contributed by atoms with Crippen molar-refractivity contribution in [2.75, 3.05) is 19.8 Å². The van der Waals surface area contributed by atoms with Crippen LogP contribution in [0.3, 0.4) is 0 Å². The standard InChI is InChI=1S/C11H18O6/c1-4-15-7-8(10(13)14)9(12)11(16-5-2)17-6-3/h7,11H,4-6H2,1-3H3,(H,13,14). The van der Waals surface area contributed by atoms with Crippen LogP contribution < -0.4 is 0 Å². The van der Waals surface area contributed by atoms with Crippen LogP contribution in [0.25, 0.3) is 0 Å². The predicted octanol–water partition coefficient (Wildman–Crippen LogP) is 0.960. The number of ketones is 1. The number of carboxylic acids is 1. The van der Waals surface area contributed by atoms with Crippen LogP contribution in [0.4, 0.5) is 0 Å². The van der Waals surface area contributed by atoms with E-state index < -0.39 is 23.6 Å². The third-order valence-corrected chi connectivity index (χ3v) is 1.71. The van der Waals surface area contributed by atoms with Crippen LogP contribution in [-0.4, -0.2) is 43.0 Å². The van der Waals surface area contributed by atoms with Gasteiger partial charge in [-0.25, -0.2) is 4.79 Å². The Bertz CT molecular complexity index is 278. The zero-order valence-electron chi connectivity index (χ0n) is 10.3. The summed E-state index contributed by atoms with van der Waals surface area (Å²) in [6, 6.07) is 0. The van der Waals surface area contributed by atoms with Gasteiger partial charge in [-0.15, -0.1) is 0 Å². The zero-order valence-corrected chi connectivity index (χ0v) is 10.3. The molecule has 0 radical (unpaired) electrons. The van der Waals surface area contributed by atoms with Crippen molar-refractivity contribution in [1.82, 2.24) is 0 Å². The molecular weight excluding hydrogens is 228 g/mol. The van der Waals surface area contributed by atoms with Gasteiger partial charge in [-0.3, -0.25) is 4.79 Å². The van der Waals surface area contributed by atoms with Crippen molar-refractivity contribution in [2.45, 2.75) is 27.1 Å². The number of hydrogen-bond acceptors (Lipinski definition) is 5. The van der Waals surface area contributed by atoms with E-state index in [-0.39, 0.29) is 19.8 Å². The number of hydrogen-bond donors (Lipinski definition) is 1. The first-order valence-corrected chi connectivity index (χ1v) is 5.40. The summed E-state index contributed by atoms with van der Waals surface area (Å²) in [5.41, 5.74) is -0.487. The lowest BCUT2D eigenvalue weighted by Crippen LogP contribution is -2.31. The molecule has 0 aliphatic rings. The molecule has 0 aromatic heterocycles. The lowest BCUT2D eigenvalue weighted by Gasteiger charge is -2.15. The molecule has 0 aromatic carbocycles. The van der Waals surface area contributed by atoms with Gasteiger partial charge < -0.3 is 19.3 Å². The van der Waals surface area contributed by atoms with Crippen molar-refractivity contribution in [3.05, 3.63) is 11.8 Å². The minimum absolute atomic E-state index is 0.248. The number of Topliss-reactive ketones (excluding diaryl/α,β-unsaturated/α-hetero) is 1. The van der Waals surface area contributed by atoms with Crippen LogP contribution in [0.15, 0.2) is 11.8 Å². The molecule has 17 heavy (non-hydrogen) atoms. The molecule has 0 atom stereocenters. The fraction of sp³-hybridized carbons (Fsp3) is 0.636. The number of aliphatic carboxylic acids is 1. The number of ether oxygens (including phenoxy) is 3. The molecule has 6 nitrogen and oxygen atoms in total. The third kappa shape index (κ3) is 5.46. The van der Waals surface area contributed by atoms with Crippen molar-refractivity contribution >= 4 is 11.8 Å². The molecule has 0 aromatic rings. The molecule has 0 saturated carbocycles. The van der Waals surface area contributed by atoms with Crippen LogP contribution in [0.2, 0.25) is 0 Å². The van der Waals surface area contributed by atoms with E-state index in [1.807, 2.05) is 0 Å². The molecule has 98 valence electrons. The summed E-state index contributed by atoms with van der Waals surface area (Å²) in [7, 11) is 0. The number of carboxylic acid groups (broad SMARTS) is 1. The van der Waals surface area contributed by atoms with Crippen LogP contribution in [-0.2, 0) is 23.8 Å². The molecule has 0 amide bonds. The Kier molecular flexibility index (Phi) is 8.00. The first-order chi connectivity index (χ1) is 8.08. The minimum Gasteiger partial charge on any atom is -0.500 e. The number of rotatable bonds is 9. The summed E-state index contributed by atoms with van der Waals surface area (Å²) in [4.78, 5) is 22.7. The molecule has 0 saturated heterocycles. The van der Waals surface area contributed by atoms with E-state index in [1.165, 1.54) is 0 Å². The third-order valence-electron chi connectivity index (χ3n) is 1.71. The fourth-order valence-electron chi connectivity index (χ4n) is 1.01. The Morgan fingerprint density at radius 1 is 1.12 bits per heavy atom. The monoisotopic (exact) mass is 246 g/mol. The summed E-state index contributed by atoms with van der Waals surface area (Å²) in [6.07, 6.45) is -0.289. The first kappa shape index (κ1) is 15.6. The van der Waals surface area contributed by atoms with Gasteiger partial charge in [0.25, 0.3) is 0 Å². The Morgan fingerprint density at radius 3 is 2.00 bits per heavy atom. The van der Waals surface area contributed by atoms with Crippen LogP contribution in [0, 0.1) is 0 Å². The molecule has 0 fully saturated rings. The van der Waals surface area contributed by atoms with Gasteiger partial charge >= 0.3 is 5.97 Å². The van der Waals surface area contributed by atoms with E-state index in [9.17, 15) is 9.59 Å². The topological polar surface area (TPSA) is 82.1 Å². The Balaban J connectivity index is 4.83. The molecule has 6 heteroatoms. The van der Waals surface area contributed by atoms with Gasteiger partial charge in [-0.2, -0.15) is 0 Å². The lowest BCUT2D eigenvalue weighted by molar-refractivity contribution is -0.165. The molecule has 1 N–H and O–H groups in total. The summed E-state index contributed by atoms with van der Waals surface area (Å²) < 4.78 is 14.9. The minimum atomic E-state index is -1.37. The smallest absolute Gasteiger partial charge is 0.342 e. The summed E-state index contributed by atoms with van der Waals surface area (Å²) in [5, 5.41) is 8.88. The largest absolute Gasteiger partial charge is 0.500 e. The van der Waals surface area contributed by atoms with Gasteiger partial charge in [0, 0.05) is 13.2 Å². The maximum absolute atomic E-state index is 11.8. The van der Waals surface area contributed by atoms with E-state index >= 15 is 0 Å². The number of carbonyl (C=O) groups excluding carboxylic acids is 1. The molecule has 0 aliphatic carbocycles. The van der Waals surface area contributed by atoms with Gasteiger partial charge in [0.2, 0.25) is 12.1 Å². The Morgan fingerprint density at radius 2 is 1.65 bits per heavy atom. The highest BCUT2D eigenvalue weighted by molar-refractivity contribution is 6.17. The van der Waals surface area contributed by atoms with Gasteiger partial charge in [0.15, 0.2) is 0 Å². The molecule has 0 heterocycles. The van der Waals surface area contributed by atoms with E-state index in [0.717, 1.165) is 6.26 Å². The quantitative estimate of drug-likeness (QED) is 0.214. The molecule has 0 aliphatic heterocycles. The van der Waals surface area contributed by atoms with E-state index in [4.69, 9.17) is 19.3 Å². The molecule has 0 spiro atoms. The van der Waals surface area contributed by atoms with Gasteiger partial charge in [-0.05, 0) is 20.8 Å². The Labute approximate surface area is 100 Å². The van der Waals surface area contributed by atoms with E-state index in [2.05, 4.69) is 0 Å². The summed E-state index contributed by atoms with van der Waals surface area (Å²) in [5.74, 6) is -2.12. The van der Waals surface area contributed by atoms with Crippen molar-refractivity contribution < 1.29 is 28.9 Å². The first-order valence-electron chi connectivity index (χ1n) is 5.40. The maximum Gasteiger partial charge on any atom is 0.342 e. The van der Waals surface area contributed by atoms with Crippen molar-refractivity contribution in [3.8, 4) is 0 Å². The number of carbonyl (C=O) groups is 2. The van der Waals surface area contributed by atoms with Gasteiger partial charge in [0.1, 0.15) is 11.8 Å². The maximum atomic E-state index is 11.8. The summed E-state index contributed by atoms with van der Waals surface area (Å²) in [6.45, 7) is 5.83.